The second-order valence-electron chi connectivity index (χ2n) is 6.07. The van der Waals surface area contributed by atoms with Gasteiger partial charge >= 0.3 is 5.97 Å². The summed E-state index contributed by atoms with van der Waals surface area (Å²) in [5.41, 5.74) is 0.407. The van der Waals surface area contributed by atoms with Crippen LogP contribution in [0, 0.1) is 5.82 Å². The van der Waals surface area contributed by atoms with Gasteiger partial charge < -0.3 is 9.84 Å². The highest BCUT2D eigenvalue weighted by Gasteiger charge is 2.45. The molecule has 0 radical (unpaired) electrons. The number of hydrogen-bond acceptors (Lipinski definition) is 3. The summed E-state index contributed by atoms with van der Waals surface area (Å²) < 4.78 is 18.7. The molecule has 1 aliphatic rings. The van der Waals surface area contributed by atoms with Crippen LogP contribution in [-0.2, 0) is 16.6 Å². The molecule has 0 spiro atoms. The van der Waals surface area contributed by atoms with Crippen molar-refractivity contribution in [2.75, 3.05) is 6.61 Å². The van der Waals surface area contributed by atoms with E-state index in [1.54, 1.807) is 19.1 Å². The molecule has 0 aromatic heterocycles. The molecule has 3 rings (SSSR count). The number of hydrogen-bond donors (Lipinski definition) is 1. The Bertz CT molecular complexity index is 897. The molecule has 0 aliphatic heterocycles. The van der Waals surface area contributed by atoms with E-state index in [1.807, 2.05) is 0 Å². The van der Waals surface area contributed by atoms with E-state index in [4.69, 9.17) is 33.0 Å². The number of Topliss-reactive ketones (excluding diaryl/α,β-unsaturated/α-hetero) is 1. The number of carbonyl (C=O) groups is 2. The van der Waals surface area contributed by atoms with Gasteiger partial charge in [-0.2, -0.15) is 0 Å². The van der Waals surface area contributed by atoms with E-state index in [9.17, 15) is 14.0 Å². The maximum atomic E-state index is 13.6. The second-order valence-corrected chi connectivity index (χ2v) is 6.82. The van der Waals surface area contributed by atoms with E-state index < -0.39 is 23.8 Å². The number of ketones is 1. The van der Waals surface area contributed by atoms with Gasteiger partial charge in [0, 0.05) is 5.56 Å². The van der Waals surface area contributed by atoms with Crippen LogP contribution in [-0.4, -0.2) is 23.5 Å². The van der Waals surface area contributed by atoms with E-state index in [0.29, 0.717) is 11.1 Å². The Morgan fingerprint density at radius 2 is 2.04 bits per heavy atom. The molecule has 4 nitrogen and oxygen atoms in total. The standard InChI is InChI=1S/C18H13Cl2FO4/c1-18(10-3-2-4-11(21)6-10)7-9-5-12(25-8-13(22)23)15(19)16(20)14(9)17(18)24/h2-6H,7-8H2,1H3,(H,22,23). The highest BCUT2D eigenvalue weighted by atomic mass is 35.5. The quantitative estimate of drug-likeness (QED) is 0.856. The monoisotopic (exact) mass is 382 g/mol. The van der Waals surface area contributed by atoms with Crippen molar-refractivity contribution in [3.05, 3.63) is 62.9 Å². The smallest absolute Gasteiger partial charge is 0.341 e. The normalized spacial score (nSPS) is 19.0. The molecule has 0 saturated carbocycles. The zero-order chi connectivity index (χ0) is 18.4. The number of carboxylic acid groups (broad SMARTS) is 1. The summed E-state index contributed by atoms with van der Waals surface area (Å²) in [7, 11) is 0. The molecule has 0 bridgehead atoms. The fraction of sp³-hybridized carbons (Fsp3) is 0.222. The number of carboxylic acids is 1. The number of ether oxygens (including phenoxy) is 1. The maximum absolute atomic E-state index is 13.6. The lowest BCUT2D eigenvalue weighted by Gasteiger charge is -2.22. The summed E-state index contributed by atoms with van der Waals surface area (Å²) in [6.07, 6.45) is 0.283. The minimum atomic E-state index is -1.16. The molecule has 1 atom stereocenters. The van der Waals surface area contributed by atoms with Gasteiger partial charge in [0.25, 0.3) is 0 Å². The van der Waals surface area contributed by atoms with Crippen molar-refractivity contribution >= 4 is 35.0 Å². The first kappa shape index (κ1) is 17.7. The van der Waals surface area contributed by atoms with Gasteiger partial charge in [0.15, 0.2) is 12.4 Å². The van der Waals surface area contributed by atoms with E-state index >= 15 is 0 Å². The van der Waals surface area contributed by atoms with Gasteiger partial charge in [-0.15, -0.1) is 0 Å². The van der Waals surface area contributed by atoms with Crippen molar-refractivity contribution in [1.29, 1.82) is 0 Å². The van der Waals surface area contributed by atoms with Crippen LogP contribution in [0.1, 0.15) is 28.4 Å². The molecule has 2 aromatic carbocycles. The van der Waals surface area contributed by atoms with Crippen LogP contribution in [0.25, 0.3) is 0 Å². The van der Waals surface area contributed by atoms with Crippen LogP contribution in [0.3, 0.4) is 0 Å². The van der Waals surface area contributed by atoms with Gasteiger partial charge in [-0.05, 0) is 42.7 Å². The number of fused-ring (bicyclic) bond motifs is 1. The predicted molar refractivity (Wildman–Crippen MR) is 91.4 cm³/mol. The first-order valence-corrected chi connectivity index (χ1v) is 8.16. The lowest BCUT2D eigenvalue weighted by Crippen LogP contribution is -2.29. The van der Waals surface area contributed by atoms with Gasteiger partial charge in [-0.1, -0.05) is 35.3 Å². The van der Waals surface area contributed by atoms with Crippen molar-refractivity contribution in [3.63, 3.8) is 0 Å². The van der Waals surface area contributed by atoms with Crippen LogP contribution < -0.4 is 4.74 Å². The Balaban J connectivity index is 2.06. The number of aliphatic carboxylic acids is 1. The molecule has 0 amide bonds. The summed E-state index contributed by atoms with van der Waals surface area (Å²) in [6.45, 7) is 1.13. The topological polar surface area (TPSA) is 63.6 Å². The minimum Gasteiger partial charge on any atom is -0.480 e. The summed E-state index contributed by atoms with van der Waals surface area (Å²) in [5, 5.41) is 8.74. The van der Waals surface area contributed by atoms with E-state index in [-0.39, 0.29) is 33.6 Å². The number of halogens is 3. The molecule has 0 fully saturated rings. The number of benzene rings is 2. The Kier molecular flexibility index (Phi) is 4.47. The fourth-order valence-corrected chi connectivity index (χ4v) is 3.59. The van der Waals surface area contributed by atoms with Crippen molar-refractivity contribution in [3.8, 4) is 5.75 Å². The van der Waals surface area contributed by atoms with Gasteiger partial charge in [0.1, 0.15) is 16.6 Å². The lowest BCUT2D eigenvalue weighted by atomic mass is 9.79. The largest absolute Gasteiger partial charge is 0.480 e. The van der Waals surface area contributed by atoms with E-state index in [1.165, 1.54) is 18.2 Å². The van der Waals surface area contributed by atoms with E-state index in [0.717, 1.165) is 0 Å². The van der Waals surface area contributed by atoms with Crippen LogP contribution in [0.5, 0.6) is 5.75 Å². The molecule has 0 heterocycles. The third kappa shape index (κ3) is 2.98. The van der Waals surface area contributed by atoms with Crippen LogP contribution in [0.15, 0.2) is 30.3 Å². The summed E-state index contributed by atoms with van der Waals surface area (Å²) in [6, 6.07) is 7.38. The molecule has 25 heavy (non-hydrogen) atoms. The molecule has 1 unspecified atom stereocenters. The lowest BCUT2D eigenvalue weighted by molar-refractivity contribution is -0.139. The van der Waals surface area contributed by atoms with Crippen LogP contribution >= 0.6 is 23.2 Å². The first-order valence-electron chi connectivity index (χ1n) is 7.40. The summed E-state index contributed by atoms with van der Waals surface area (Å²) >= 11 is 12.4. The van der Waals surface area contributed by atoms with Gasteiger partial charge in [0.05, 0.1) is 10.4 Å². The molecule has 1 N–H and O–H groups in total. The molecule has 2 aromatic rings. The molecule has 130 valence electrons. The number of rotatable bonds is 4. The SMILES string of the molecule is CC1(c2cccc(F)c2)Cc2cc(OCC(=O)O)c(Cl)c(Cl)c2C1=O. The van der Waals surface area contributed by atoms with E-state index in [2.05, 4.69) is 0 Å². The average molecular weight is 383 g/mol. The Labute approximate surface area is 153 Å². The third-order valence-corrected chi connectivity index (χ3v) is 5.19. The highest BCUT2D eigenvalue weighted by Crippen LogP contribution is 2.47. The zero-order valence-corrected chi connectivity index (χ0v) is 14.6. The minimum absolute atomic E-state index is 0.0153. The van der Waals surface area contributed by atoms with Crippen molar-refractivity contribution in [2.45, 2.75) is 18.8 Å². The Morgan fingerprint density at radius 1 is 1.32 bits per heavy atom. The van der Waals surface area contributed by atoms with Crippen molar-refractivity contribution < 1.29 is 23.8 Å². The molecular weight excluding hydrogens is 370 g/mol. The zero-order valence-electron chi connectivity index (χ0n) is 13.1. The number of carbonyl (C=O) groups excluding carboxylic acids is 1. The highest BCUT2D eigenvalue weighted by molar-refractivity contribution is 6.45. The molecular formula is C18H13Cl2FO4. The molecule has 7 heteroatoms. The third-order valence-electron chi connectivity index (χ3n) is 4.34. The van der Waals surface area contributed by atoms with Crippen molar-refractivity contribution in [1.82, 2.24) is 0 Å². The fourth-order valence-electron chi connectivity index (χ4n) is 3.08. The maximum Gasteiger partial charge on any atom is 0.341 e. The van der Waals surface area contributed by atoms with Gasteiger partial charge in [-0.3, -0.25) is 4.79 Å². The molecule has 0 saturated heterocycles. The average Bonchev–Trinajstić information content (AvgIpc) is 2.82. The van der Waals surface area contributed by atoms with Gasteiger partial charge in [0.2, 0.25) is 0 Å². The summed E-state index contributed by atoms with van der Waals surface area (Å²) in [5.74, 6) is -1.75. The summed E-state index contributed by atoms with van der Waals surface area (Å²) in [4.78, 5) is 23.7. The Hall–Kier alpha value is -2.11. The second kappa shape index (κ2) is 6.32. The predicted octanol–water partition coefficient (Wildman–Crippen LogP) is 4.29. The van der Waals surface area contributed by atoms with Crippen molar-refractivity contribution in [2.24, 2.45) is 0 Å². The van der Waals surface area contributed by atoms with Gasteiger partial charge in [-0.25, -0.2) is 9.18 Å². The molecule has 1 aliphatic carbocycles. The Morgan fingerprint density at radius 3 is 2.68 bits per heavy atom. The first-order chi connectivity index (χ1) is 11.7. The van der Waals surface area contributed by atoms with Crippen LogP contribution in [0.2, 0.25) is 10.0 Å². The van der Waals surface area contributed by atoms with Crippen LogP contribution in [0.4, 0.5) is 4.39 Å².